The molecule has 2 heterocycles. The van der Waals surface area contributed by atoms with Gasteiger partial charge in [0, 0.05) is 5.38 Å². The predicted molar refractivity (Wildman–Crippen MR) is 67.2 cm³/mol. The zero-order chi connectivity index (χ0) is 12.5. The molecule has 0 aliphatic carbocycles. The molecule has 0 bridgehead atoms. The number of benzene rings is 1. The van der Waals surface area contributed by atoms with E-state index in [0.29, 0.717) is 23.0 Å². The zero-order valence-electron chi connectivity index (χ0n) is 9.49. The highest BCUT2D eigenvalue weighted by atomic mass is 32.1. The standard InChI is InChI=1S/C12H9N3O2S/c1-7-3-2-4-8(10(7)16)12-14-11(15-17-12)9-5-18-6-13-9/h2-6,16H,1H3. The third-order valence-electron chi connectivity index (χ3n) is 2.56. The lowest BCUT2D eigenvalue weighted by atomic mass is 10.1. The van der Waals surface area contributed by atoms with E-state index < -0.39 is 0 Å². The molecule has 1 aromatic carbocycles. The number of phenols is 1. The summed E-state index contributed by atoms with van der Waals surface area (Å²) >= 11 is 1.46. The van der Waals surface area contributed by atoms with Crippen LogP contribution in [0.3, 0.4) is 0 Å². The number of aryl methyl sites for hydroxylation is 1. The van der Waals surface area contributed by atoms with Crippen molar-refractivity contribution in [3.05, 3.63) is 34.7 Å². The maximum absolute atomic E-state index is 9.95. The first-order valence-corrected chi connectivity index (χ1v) is 6.21. The molecule has 0 fully saturated rings. The SMILES string of the molecule is Cc1cccc(-c2nc(-c3cscn3)no2)c1O. The average Bonchev–Trinajstić information content (AvgIpc) is 3.01. The van der Waals surface area contributed by atoms with E-state index in [1.807, 2.05) is 24.4 Å². The van der Waals surface area contributed by atoms with Crippen molar-refractivity contribution in [1.82, 2.24) is 15.1 Å². The van der Waals surface area contributed by atoms with Crippen LogP contribution in [0.1, 0.15) is 5.56 Å². The van der Waals surface area contributed by atoms with Gasteiger partial charge in [0.1, 0.15) is 11.4 Å². The fourth-order valence-electron chi connectivity index (χ4n) is 1.59. The Hall–Kier alpha value is -2.21. The van der Waals surface area contributed by atoms with E-state index in [1.165, 1.54) is 11.3 Å². The molecule has 90 valence electrons. The van der Waals surface area contributed by atoms with Crippen LogP contribution >= 0.6 is 11.3 Å². The summed E-state index contributed by atoms with van der Waals surface area (Å²) in [5.41, 5.74) is 3.67. The van der Waals surface area contributed by atoms with Crippen LogP contribution < -0.4 is 0 Å². The molecule has 2 aromatic heterocycles. The van der Waals surface area contributed by atoms with Gasteiger partial charge in [-0.15, -0.1) is 11.3 Å². The number of phenolic OH excluding ortho intramolecular Hbond substituents is 1. The molecule has 0 saturated heterocycles. The highest BCUT2D eigenvalue weighted by Gasteiger charge is 2.15. The van der Waals surface area contributed by atoms with E-state index in [2.05, 4.69) is 15.1 Å². The van der Waals surface area contributed by atoms with Gasteiger partial charge in [0.05, 0.1) is 11.1 Å². The van der Waals surface area contributed by atoms with Crippen molar-refractivity contribution in [2.24, 2.45) is 0 Å². The Kier molecular flexibility index (Phi) is 2.56. The molecule has 3 aromatic rings. The molecule has 0 unspecified atom stereocenters. The van der Waals surface area contributed by atoms with Gasteiger partial charge in [-0.1, -0.05) is 17.3 Å². The third-order valence-corrected chi connectivity index (χ3v) is 3.14. The third kappa shape index (κ3) is 1.76. The molecule has 0 saturated carbocycles. The molecule has 0 radical (unpaired) electrons. The Morgan fingerprint density at radius 2 is 2.22 bits per heavy atom. The van der Waals surface area contributed by atoms with Crippen LogP contribution in [0.25, 0.3) is 23.0 Å². The molecule has 3 rings (SSSR count). The molecular weight excluding hydrogens is 250 g/mol. The van der Waals surface area contributed by atoms with Crippen LogP contribution in [0.15, 0.2) is 33.6 Å². The largest absolute Gasteiger partial charge is 0.507 e. The monoisotopic (exact) mass is 259 g/mol. The van der Waals surface area contributed by atoms with Crippen LogP contribution in [0, 0.1) is 6.92 Å². The second-order valence-corrected chi connectivity index (χ2v) is 4.49. The normalized spacial score (nSPS) is 10.7. The molecule has 6 heteroatoms. The van der Waals surface area contributed by atoms with Crippen LogP contribution in [0.4, 0.5) is 0 Å². The fourth-order valence-corrected chi connectivity index (χ4v) is 2.12. The molecule has 0 aliphatic heterocycles. The van der Waals surface area contributed by atoms with Gasteiger partial charge in [0.2, 0.25) is 5.82 Å². The minimum Gasteiger partial charge on any atom is -0.507 e. The van der Waals surface area contributed by atoms with Gasteiger partial charge in [-0.05, 0) is 18.6 Å². The van der Waals surface area contributed by atoms with E-state index in [1.54, 1.807) is 11.6 Å². The van der Waals surface area contributed by atoms with Gasteiger partial charge in [-0.25, -0.2) is 4.98 Å². The summed E-state index contributed by atoms with van der Waals surface area (Å²) in [6, 6.07) is 5.38. The zero-order valence-corrected chi connectivity index (χ0v) is 10.3. The summed E-state index contributed by atoms with van der Waals surface area (Å²) in [4.78, 5) is 8.34. The van der Waals surface area contributed by atoms with E-state index in [0.717, 1.165) is 5.56 Å². The molecule has 0 spiro atoms. The van der Waals surface area contributed by atoms with Gasteiger partial charge in [-0.3, -0.25) is 0 Å². The number of nitrogens with zero attached hydrogens (tertiary/aromatic N) is 3. The molecule has 0 aliphatic rings. The maximum Gasteiger partial charge on any atom is 0.262 e. The average molecular weight is 259 g/mol. The van der Waals surface area contributed by atoms with Crippen LogP contribution in [0.2, 0.25) is 0 Å². The van der Waals surface area contributed by atoms with Gasteiger partial charge in [-0.2, -0.15) is 4.98 Å². The van der Waals surface area contributed by atoms with Gasteiger partial charge < -0.3 is 9.63 Å². The maximum atomic E-state index is 9.95. The second-order valence-electron chi connectivity index (χ2n) is 3.77. The van der Waals surface area contributed by atoms with Gasteiger partial charge in [0.25, 0.3) is 5.89 Å². The van der Waals surface area contributed by atoms with E-state index in [9.17, 15) is 5.11 Å². The van der Waals surface area contributed by atoms with Crippen molar-refractivity contribution in [2.75, 3.05) is 0 Å². The van der Waals surface area contributed by atoms with Crippen LogP contribution in [0.5, 0.6) is 5.75 Å². The lowest BCUT2D eigenvalue weighted by molar-refractivity contribution is 0.425. The van der Waals surface area contributed by atoms with E-state index in [-0.39, 0.29) is 5.75 Å². The van der Waals surface area contributed by atoms with Crippen molar-refractivity contribution in [2.45, 2.75) is 6.92 Å². The topological polar surface area (TPSA) is 72.0 Å². The second kappa shape index (κ2) is 4.23. The molecular formula is C12H9N3O2S. The molecule has 1 N–H and O–H groups in total. The molecule has 5 nitrogen and oxygen atoms in total. The summed E-state index contributed by atoms with van der Waals surface area (Å²) < 4.78 is 5.15. The predicted octanol–water partition coefficient (Wildman–Crippen LogP) is 2.87. The van der Waals surface area contributed by atoms with E-state index >= 15 is 0 Å². The number of rotatable bonds is 2. The van der Waals surface area contributed by atoms with Crippen molar-refractivity contribution in [1.29, 1.82) is 0 Å². The Balaban J connectivity index is 2.06. The molecule has 0 atom stereocenters. The van der Waals surface area contributed by atoms with Crippen molar-refractivity contribution in [3.63, 3.8) is 0 Å². The highest BCUT2D eigenvalue weighted by molar-refractivity contribution is 7.07. The van der Waals surface area contributed by atoms with Crippen molar-refractivity contribution < 1.29 is 9.63 Å². The number of hydrogen-bond donors (Lipinski definition) is 1. The summed E-state index contributed by atoms with van der Waals surface area (Å²) in [5.74, 6) is 0.873. The van der Waals surface area contributed by atoms with E-state index in [4.69, 9.17) is 4.52 Å². The number of hydrogen-bond acceptors (Lipinski definition) is 6. The Labute approximate surface area is 107 Å². The Bertz CT molecular complexity index is 676. The van der Waals surface area contributed by atoms with Crippen LogP contribution in [-0.2, 0) is 0 Å². The first kappa shape index (κ1) is 10.9. The Morgan fingerprint density at radius 3 is 3.00 bits per heavy atom. The smallest absolute Gasteiger partial charge is 0.262 e. The molecule has 0 amide bonds. The number of para-hydroxylation sites is 1. The number of aromatic nitrogens is 3. The fraction of sp³-hybridized carbons (Fsp3) is 0.0833. The summed E-state index contributed by atoms with van der Waals surface area (Å²) in [6.45, 7) is 1.82. The first-order valence-electron chi connectivity index (χ1n) is 5.27. The summed E-state index contributed by atoms with van der Waals surface area (Å²) in [7, 11) is 0. The minimum atomic E-state index is 0.158. The quantitative estimate of drug-likeness (QED) is 0.766. The lowest BCUT2D eigenvalue weighted by Crippen LogP contribution is -1.83. The minimum absolute atomic E-state index is 0.158. The van der Waals surface area contributed by atoms with Crippen LogP contribution in [-0.4, -0.2) is 20.2 Å². The number of thiazole rings is 1. The summed E-state index contributed by atoms with van der Waals surface area (Å²) in [5, 5.41) is 15.6. The first-order chi connectivity index (χ1) is 8.75. The lowest BCUT2D eigenvalue weighted by Gasteiger charge is -2.01. The van der Waals surface area contributed by atoms with Crippen molar-refractivity contribution in [3.8, 4) is 28.7 Å². The Morgan fingerprint density at radius 1 is 1.33 bits per heavy atom. The number of aromatic hydroxyl groups is 1. The highest BCUT2D eigenvalue weighted by Crippen LogP contribution is 2.31. The summed E-state index contributed by atoms with van der Waals surface area (Å²) in [6.07, 6.45) is 0. The molecule has 18 heavy (non-hydrogen) atoms. The van der Waals surface area contributed by atoms with Gasteiger partial charge >= 0.3 is 0 Å². The van der Waals surface area contributed by atoms with Crippen molar-refractivity contribution >= 4 is 11.3 Å². The van der Waals surface area contributed by atoms with Gasteiger partial charge in [0.15, 0.2) is 0 Å².